The predicted octanol–water partition coefficient (Wildman–Crippen LogP) is 2.81. The van der Waals surface area contributed by atoms with Crippen LogP contribution in [0.5, 0.6) is 0 Å². The molecule has 88 valence electrons. The fourth-order valence-corrected chi connectivity index (χ4v) is 2.95. The van der Waals surface area contributed by atoms with E-state index in [0.29, 0.717) is 17.7 Å². The number of benzene rings is 1. The van der Waals surface area contributed by atoms with Crippen molar-refractivity contribution < 1.29 is 14.1 Å². The van der Waals surface area contributed by atoms with Crippen LogP contribution in [-0.2, 0) is 15.6 Å². The van der Waals surface area contributed by atoms with Crippen LogP contribution in [0.2, 0.25) is 0 Å². The summed E-state index contributed by atoms with van der Waals surface area (Å²) >= 11 is 3.28. The van der Waals surface area contributed by atoms with Gasteiger partial charge in [-0.25, -0.2) is 0 Å². The van der Waals surface area contributed by atoms with Crippen LogP contribution >= 0.6 is 15.9 Å². The van der Waals surface area contributed by atoms with Gasteiger partial charge in [0.1, 0.15) is 5.25 Å². The molecule has 2 atom stereocenters. The minimum atomic E-state index is -1.48. The van der Waals surface area contributed by atoms with Gasteiger partial charge in [-0.2, -0.15) is 0 Å². The molecular formula is C11H13BrO3S. The van der Waals surface area contributed by atoms with E-state index in [9.17, 15) is 9.00 Å². The monoisotopic (exact) mass is 304 g/mol. The Hall–Kier alpha value is -0.680. The number of carboxylic acid groups (broad SMARTS) is 1. The van der Waals surface area contributed by atoms with Gasteiger partial charge in [0.25, 0.3) is 0 Å². The second-order valence-corrected chi connectivity index (χ2v) is 5.92. The van der Waals surface area contributed by atoms with Crippen LogP contribution in [0.4, 0.5) is 0 Å². The molecule has 0 bridgehead atoms. The van der Waals surface area contributed by atoms with Gasteiger partial charge in [0.2, 0.25) is 0 Å². The molecule has 1 rings (SSSR count). The number of aliphatic carboxylic acids is 1. The first-order chi connectivity index (χ1) is 7.56. The van der Waals surface area contributed by atoms with Crippen molar-refractivity contribution >= 4 is 32.7 Å². The molecule has 0 aliphatic heterocycles. The maximum absolute atomic E-state index is 12.0. The summed E-state index contributed by atoms with van der Waals surface area (Å²) in [6, 6.07) is 6.90. The molecule has 0 heterocycles. The third-order valence-corrected chi connectivity index (χ3v) is 4.35. The van der Waals surface area contributed by atoms with Gasteiger partial charge in [-0.05, 0) is 30.7 Å². The lowest BCUT2D eigenvalue weighted by Crippen LogP contribution is -2.25. The Labute approximate surface area is 105 Å². The van der Waals surface area contributed by atoms with Crippen LogP contribution in [0.15, 0.2) is 33.6 Å². The zero-order chi connectivity index (χ0) is 12.1. The SMILES string of the molecule is CCCC(C(=O)O)S(=O)c1ccc(Br)cc1. The maximum Gasteiger partial charge on any atom is 0.319 e. The normalized spacial score (nSPS) is 14.4. The highest BCUT2D eigenvalue weighted by molar-refractivity contribution is 9.10. The van der Waals surface area contributed by atoms with E-state index in [1.54, 1.807) is 24.3 Å². The molecule has 0 aromatic heterocycles. The van der Waals surface area contributed by atoms with E-state index >= 15 is 0 Å². The van der Waals surface area contributed by atoms with Crippen molar-refractivity contribution in [2.75, 3.05) is 0 Å². The molecule has 2 unspecified atom stereocenters. The number of hydrogen-bond acceptors (Lipinski definition) is 2. The Morgan fingerprint density at radius 1 is 1.44 bits per heavy atom. The smallest absolute Gasteiger partial charge is 0.319 e. The van der Waals surface area contributed by atoms with E-state index in [1.807, 2.05) is 6.92 Å². The summed E-state index contributed by atoms with van der Waals surface area (Å²) in [5.74, 6) is -0.997. The number of rotatable bonds is 5. The first-order valence-corrected chi connectivity index (χ1v) is 6.95. The average molecular weight is 305 g/mol. The Bertz CT molecular complexity index is 389. The van der Waals surface area contributed by atoms with E-state index in [2.05, 4.69) is 15.9 Å². The number of carbonyl (C=O) groups is 1. The molecular weight excluding hydrogens is 292 g/mol. The molecule has 16 heavy (non-hydrogen) atoms. The largest absolute Gasteiger partial charge is 0.480 e. The van der Waals surface area contributed by atoms with E-state index in [-0.39, 0.29) is 0 Å². The highest BCUT2D eigenvalue weighted by Crippen LogP contribution is 2.18. The lowest BCUT2D eigenvalue weighted by Gasteiger charge is -2.10. The van der Waals surface area contributed by atoms with E-state index in [0.717, 1.165) is 4.47 Å². The molecule has 0 amide bonds. The molecule has 0 spiro atoms. The molecule has 1 aromatic rings. The first-order valence-electron chi connectivity index (χ1n) is 4.95. The van der Waals surface area contributed by atoms with Gasteiger partial charge in [-0.1, -0.05) is 29.3 Å². The number of halogens is 1. The van der Waals surface area contributed by atoms with Gasteiger partial charge < -0.3 is 5.11 Å². The summed E-state index contributed by atoms with van der Waals surface area (Å²) in [7, 11) is -1.48. The molecule has 0 fully saturated rings. The van der Waals surface area contributed by atoms with Gasteiger partial charge in [0.05, 0.1) is 10.8 Å². The van der Waals surface area contributed by atoms with E-state index in [1.165, 1.54) is 0 Å². The van der Waals surface area contributed by atoms with E-state index in [4.69, 9.17) is 5.11 Å². The van der Waals surface area contributed by atoms with Crippen molar-refractivity contribution in [3.63, 3.8) is 0 Å². The van der Waals surface area contributed by atoms with Gasteiger partial charge in [-0.3, -0.25) is 9.00 Å². The topological polar surface area (TPSA) is 54.4 Å². The summed E-state index contributed by atoms with van der Waals surface area (Å²) in [5, 5.41) is 8.17. The van der Waals surface area contributed by atoms with Crippen molar-refractivity contribution in [2.24, 2.45) is 0 Å². The molecule has 0 saturated heterocycles. The third-order valence-electron chi connectivity index (χ3n) is 2.13. The molecule has 0 radical (unpaired) electrons. The van der Waals surface area contributed by atoms with Crippen molar-refractivity contribution in [1.82, 2.24) is 0 Å². The van der Waals surface area contributed by atoms with Crippen LogP contribution in [0.25, 0.3) is 0 Å². The lowest BCUT2D eigenvalue weighted by atomic mass is 10.2. The molecule has 1 N–H and O–H groups in total. The summed E-state index contributed by atoms with van der Waals surface area (Å²) in [6.45, 7) is 1.88. The highest BCUT2D eigenvalue weighted by atomic mass is 79.9. The van der Waals surface area contributed by atoms with Crippen molar-refractivity contribution in [3.8, 4) is 0 Å². The van der Waals surface area contributed by atoms with Crippen molar-refractivity contribution in [1.29, 1.82) is 0 Å². The Kier molecular flexibility index (Phi) is 5.15. The molecule has 0 aliphatic carbocycles. The standard InChI is InChI=1S/C11H13BrO3S/c1-2-3-10(11(13)14)16(15)9-6-4-8(12)5-7-9/h4-7,10H,2-3H2,1H3,(H,13,14). The summed E-state index contributed by atoms with van der Waals surface area (Å²) in [6.07, 6.45) is 1.14. The molecule has 0 saturated carbocycles. The molecule has 0 aliphatic rings. The summed E-state index contributed by atoms with van der Waals surface area (Å²) in [4.78, 5) is 11.5. The summed E-state index contributed by atoms with van der Waals surface area (Å²) < 4.78 is 12.9. The lowest BCUT2D eigenvalue weighted by molar-refractivity contribution is -0.136. The van der Waals surface area contributed by atoms with Gasteiger partial charge in [0, 0.05) is 9.37 Å². The minimum Gasteiger partial charge on any atom is -0.480 e. The average Bonchev–Trinajstić information content (AvgIpc) is 2.25. The predicted molar refractivity (Wildman–Crippen MR) is 66.9 cm³/mol. The molecule has 3 nitrogen and oxygen atoms in total. The van der Waals surface area contributed by atoms with Gasteiger partial charge in [-0.15, -0.1) is 0 Å². The minimum absolute atomic E-state index is 0.429. The third kappa shape index (κ3) is 3.42. The highest BCUT2D eigenvalue weighted by Gasteiger charge is 2.24. The number of hydrogen-bond donors (Lipinski definition) is 1. The molecule has 5 heteroatoms. The Morgan fingerprint density at radius 3 is 2.44 bits per heavy atom. The fraction of sp³-hybridized carbons (Fsp3) is 0.364. The van der Waals surface area contributed by atoms with E-state index < -0.39 is 22.0 Å². The maximum atomic E-state index is 12.0. The van der Waals surface area contributed by atoms with Gasteiger partial charge in [0.15, 0.2) is 0 Å². The Morgan fingerprint density at radius 2 is 2.00 bits per heavy atom. The zero-order valence-electron chi connectivity index (χ0n) is 8.85. The van der Waals surface area contributed by atoms with Gasteiger partial charge >= 0.3 is 5.97 Å². The van der Waals surface area contributed by atoms with Crippen LogP contribution in [-0.4, -0.2) is 20.5 Å². The van der Waals surface area contributed by atoms with Crippen LogP contribution in [0.1, 0.15) is 19.8 Å². The van der Waals surface area contributed by atoms with Crippen LogP contribution < -0.4 is 0 Å². The molecule has 1 aromatic carbocycles. The van der Waals surface area contributed by atoms with Crippen molar-refractivity contribution in [2.45, 2.75) is 29.9 Å². The Balaban J connectivity index is 2.90. The van der Waals surface area contributed by atoms with Crippen LogP contribution in [0.3, 0.4) is 0 Å². The van der Waals surface area contributed by atoms with Crippen molar-refractivity contribution in [3.05, 3.63) is 28.7 Å². The van der Waals surface area contributed by atoms with Crippen LogP contribution in [0, 0.1) is 0 Å². The number of carboxylic acids is 1. The second-order valence-electron chi connectivity index (χ2n) is 3.37. The second kappa shape index (κ2) is 6.15. The summed E-state index contributed by atoms with van der Waals surface area (Å²) in [5.41, 5.74) is 0. The quantitative estimate of drug-likeness (QED) is 0.910. The first kappa shape index (κ1) is 13.4. The fourth-order valence-electron chi connectivity index (χ4n) is 1.32. The zero-order valence-corrected chi connectivity index (χ0v) is 11.3.